The van der Waals surface area contributed by atoms with E-state index in [-0.39, 0.29) is 22.4 Å². The maximum Gasteiger partial charge on any atom is 0.339 e. The van der Waals surface area contributed by atoms with Crippen LogP contribution in [0.4, 0.5) is 0 Å². The minimum absolute atomic E-state index is 0.0834. The van der Waals surface area contributed by atoms with Gasteiger partial charge in [0.15, 0.2) is 6.10 Å². The summed E-state index contributed by atoms with van der Waals surface area (Å²) in [6.07, 6.45) is 6.02. The fourth-order valence-corrected chi connectivity index (χ4v) is 5.89. The molecule has 3 atom stereocenters. The van der Waals surface area contributed by atoms with Crippen molar-refractivity contribution in [3.05, 3.63) is 29.3 Å². The third kappa shape index (κ3) is 5.66. The van der Waals surface area contributed by atoms with Crippen LogP contribution in [0.25, 0.3) is 0 Å². The van der Waals surface area contributed by atoms with Gasteiger partial charge in [-0.15, -0.1) is 0 Å². The maximum absolute atomic E-state index is 13.0. The fraction of sp³-hybridized carbons (Fsp3) is 0.652. The van der Waals surface area contributed by atoms with Crippen molar-refractivity contribution in [3.8, 4) is 0 Å². The van der Waals surface area contributed by atoms with E-state index in [1.807, 2.05) is 0 Å². The Kier molecular flexibility index (Phi) is 7.75. The summed E-state index contributed by atoms with van der Waals surface area (Å²) in [5.41, 5.74) is 0.778. The minimum Gasteiger partial charge on any atom is -0.449 e. The molecule has 1 N–H and O–H groups in total. The lowest BCUT2D eigenvalue weighted by atomic mass is 9.86. The predicted octanol–water partition coefficient (Wildman–Crippen LogP) is 3.41. The van der Waals surface area contributed by atoms with Crippen molar-refractivity contribution >= 4 is 21.9 Å². The summed E-state index contributed by atoms with van der Waals surface area (Å²) in [7, 11) is -3.66. The lowest BCUT2D eigenvalue weighted by Gasteiger charge is -2.30. The molecule has 1 aliphatic heterocycles. The highest BCUT2D eigenvalue weighted by molar-refractivity contribution is 7.89. The number of carbonyl (C=O) groups is 2. The molecule has 1 saturated heterocycles. The summed E-state index contributed by atoms with van der Waals surface area (Å²) < 4.78 is 32.8. The van der Waals surface area contributed by atoms with Gasteiger partial charge in [0, 0.05) is 19.1 Å². The van der Waals surface area contributed by atoms with Gasteiger partial charge in [-0.3, -0.25) is 4.79 Å². The van der Waals surface area contributed by atoms with E-state index in [0.717, 1.165) is 38.5 Å². The molecule has 1 aliphatic carbocycles. The number of hydrogen-bond donors (Lipinski definition) is 1. The Hall–Kier alpha value is -1.93. The van der Waals surface area contributed by atoms with Gasteiger partial charge < -0.3 is 10.1 Å². The Labute approximate surface area is 185 Å². The van der Waals surface area contributed by atoms with Crippen LogP contribution in [0.1, 0.15) is 74.7 Å². The summed E-state index contributed by atoms with van der Waals surface area (Å²) in [4.78, 5) is 25.4. The molecule has 0 radical (unpaired) electrons. The van der Waals surface area contributed by atoms with Gasteiger partial charge in [-0.1, -0.05) is 32.3 Å². The van der Waals surface area contributed by atoms with Gasteiger partial charge in [0.25, 0.3) is 5.91 Å². The van der Waals surface area contributed by atoms with Crippen molar-refractivity contribution in [1.29, 1.82) is 0 Å². The van der Waals surface area contributed by atoms with Crippen LogP contribution in [-0.4, -0.2) is 49.8 Å². The molecule has 2 fully saturated rings. The third-order valence-corrected chi connectivity index (χ3v) is 8.37. The zero-order valence-electron chi connectivity index (χ0n) is 18.7. The van der Waals surface area contributed by atoms with Crippen molar-refractivity contribution < 1.29 is 22.7 Å². The topological polar surface area (TPSA) is 92.8 Å². The molecule has 0 unspecified atom stereocenters. The largest absolute Gasteiger partial charge is 0.449 e. The third-order valence-electron chi connectivity index (χ3n) is 6.47. The summed E-state index contributed by atoms with van der Waals surface area (Å²) in [5.74, 6) is -0.603. The number of ether oxygens (including phenoxy) is 1. The Morgan fingerprint density at radius 2 is 1.77 bits per heavy atom. The molecule has 8 heteroatoms. The highest BCUT2D eigenvalue weighted by Crippen LogP contribution is 2.25. The second-order valence-corrected chi connectivity index (χ2v) is 10.8. The van der Waals surface area contributed by atoms with Crippen molar-refractivity contribution in [3.63, 3.8) is 0 Å². The molecule has 0 aromatic heterocycles. The molecule has 1 aromatic carbocycles. The number of nitrogens with zero attached hydrogens (tertiary/aromatic N) is 1. The number of hydrogen-bond acceptors (Lipinski definition) is 5. The van der Waals surface area contributed by atoms with Gasteiger partial charge in [0.05, 0.1) is 10.5 Å². The van der Waals surface area contributed by atoms with E-state index in [4.69, 9.17) is 4.74 Å². The van der Waals surface area contributed by atoms with Crippen LogP contribution in [-0.2, 0) is 19.6 Å². The summed E-state index contributed by atoms with van der Waals surface area (Å²) in [5, 5.41) is 3.00. The molecule has 1 heterocycles. The van der Waals surface area contributed by atoms with E-state index in [9.17, 15) is 18.0 Å². The molecular weight excluding hydrogens is 416 g/mol. The molecule has 1 amide bonds. The molecule has 0 spiro atoms. The number of esters is 1. The lowest BCUT2D eigenvalue weighted by molar-refractivity contribution is -0.130. The van der Waals surface area contributed by atoms with Crippen LogP contribution in [0.2, 0.25) is 0 Å². The summed E-state index contributed by atoms with van der Waals surface area (Å²) in [6.45, 7) is 6.38. The molecule has 1 saturated carbocycles. The maximum atomic E-state index is 13.0. The lowest BCUT2D eigenvalue weighted by Crippen LogP contribution is -2.46. The molecule has 31 heavy (non-hydrogen) atoms. The Balaban J connectivity index is 1.69. The van der Waals surface area contributed by atoms with E-state index in [2.05, 4.69) is 12.2 Å². The number of aryl methyl sites for hydroxylation is 1. The van der Waals surface area contributed by atoms with Crippen LogP contribution < -0.4 is 5.32 Å². The Morgan fingerprint density at radius 1 is 1.10 bits per heavy atom. The molecule has 172 valence electrons. The van der Waals surface area contributed by atoms with Crippen molar-refractivity contribution in [2.24, 2.45) is 5.92 Å². The van der Waals surface area contributed by atoms with Crippen LogP contribution in [0.3, 0.4) is 0 Å². The van der Waals surface area contributed by atoms with Crippen molar-refractivity contribution in [1.82, 2.24) is 9.62 Å². The van der Waals surface area contributed by atoms with Crippen molar-refractivity contribution in [2.75, 3.05) is 13.1 Å². The van der Waals surface area contributed by atoms with Gasteiger partial charge in [-0.25, -0.2) is 13.2 Å². The van der Waals surface area contributed by atoms with E-state index >= 15 is 0 Å². The first kappa shape index (κ1) is 23.7. The molecule has 0 bridgehead atoms. The number of nitrogens with one attached hydrogen (secondary N) is 1. The second kappa shape index (κ2) is 10.1. The van der Waals surface area contributed by atoms with Crippen LogP contribution in [0.15, 0.2) is 23.1 Å². The first-order chi connectivity index (χ1) is 14.7. The molecule has 2 aliphatic rings. The first-order valence-electron chi connectivity index (χ1n) is 11.3. The van der Waals surface area contributed by atoms with E-state index < -0.39 is 22.1 Å². The second-order valence-electron chi connectivity index (χ2n) is 8.87. The smallest absolute Gasteiger partial charge is 0.339 e. The van der Waals surface area contributed by atoms with Crippen LogP contribution >= 0.6 is 0 Å². The Bertz CT molecular complexity index is 909. The zero-order chi connectivity index (χ0) is 22.6. The van der Waals surface area contributed by atoms with Gasteiger partial charge in [0.1, 0.15) is 0 Å². The van der Waals surface area contributed by atoms with Crippen molar-refractivity contribution in [2.45, 2.75) is 82.8 Å². The Morgan fingerprint density at radius 3 is 2.45 bits per heavy atom. The van der Waals surface area contributed by atoms with E-state index in [1.54, 1.807) is 19.9 Å². The number of rotatable bonds is 6. The SMILES string of the molecule is Cc1ccc(S(=O)(=O)N2CCCCC2)cc1C(=O)O[C@@H](C)C(=O)N[C@@H]1CCCC[C@@H]1C. The molecular formula is C23H34N2O5S. The summed E-state index contributed by atoms with van der Waals surface area (Å²) in [6, 6.07) is 4.61. The van der Waals surface area contributed by atoms with E-state index in [1.165, 1.54) is 22.9 Å². The normalized spacial score (nSPS) is 23.7. The fourth-order valence-electron chi connectivity index (χ4n) is 4.34. The zero-order valence-corrected chi connectivity index (χ0v) is 19.5. The quantitative estimate of drug-likeness (QED) is 0.671. The predicted molar refractivity (Wildman–Crippen MR) is 118 cm³/mol. The monoisotopic (exact) mass is 450 g/mol. The number of carbonyl (C=O) groups excluding carboxylic acids is 2. The number of amides is 1. The molecule has 3 rings (SSSR count). The van der Waals surface area contributed by atoms with Gasteiger partial charge in [-0.05, 0) is 63.1 Å². The van der Waals surface area contributed by atoms with Gasteiger partial charge in [0.2, 0.25) is 10.0 Å². The number of piperidine rings is 1. The number of sulfonamides is 1. The van der Waals surface area contributed by atoms with Gasteiger partial charge in [-0.2, -0.15) is 4.31 Å². The standard InChI is InChI=1S/C23H34N2O5S/c1-16-11-12-19(31(28,29)25-13-7-4-8-14-25)15-20(16)23(27)30-18(3)22(26)24-21-10-6-5-9-17(21)2/h11-12,15,17-18,21H,4-10,13-14H2,1-3H3,(H,24,26)/t17-,18-,21+/m0/s1. The highest BCUT2D eigenvalue weighted by Gasteiger charge is 2.29. The first-order valence-corrected chi connectivity index (χ1v) is 12.8. The highest BCUT2D eigenvalue weighted by atomic mass is 32.2. The summed E-state index contributed by atoms with van der Waals surface area (Å²) >= 11 is 0. The van der Waals surface area contributed by atoms with E-state index in [0.29, 0.717) is 24.6 Å². The average Bonchev–Trinajstić information content (AvgIpc) is 2.76. The van der Waals surface area contributed by atoms with Crippen LogP contribution in [0, 0.1) is 12.8 Å². The molecule has 1 aromatic rings. The average molecular weight is 451 g/mol. The molecule has 7 nitrogen and oxygen atoms in total. The minimum atomic E-state index is -3.66. The number of benzene rings is 1. The van der Waals surface area contributed by atoms with Crippen LogP contribution in [0.5, 0.6) is 0 Å². The van der Waals surface area contributed by atoms with Gasteiger partial charge >= 0.3 is 5.97 Å².